The molecule has 1 N–H and O–H groups in total. The lowest BCUT2D eigenvalue weighted by atomic mass is 10.2. The molecule has 1 heterocycles. The molecule has 0 spiro atoms. The van der Waals surface area contributed by atoms with Crippen molar-refractivity contribution in [1.82, 2.24) is 5.32 Å². The molecule has 6 heteroatoms. The molecule has 0 atom stereocenters. The number of rotatable bonds is 2. The lowest BCUT2D eigenvalue weighted by molar-refractivity contribution is -0.115. The van der Waals surface area contributed by atoms with E-state index in [1.807, 2.05) is 42.5 Å². The Morgan fingerprint density at radius 1 is 1.18 bits per heavy atom. The second-order valence-electron chi connectivity index (χ2n) is 4.48. The number of hydrogen-bond acceptors (Lipinski definition) is 3. The molecule has 0 saturated carbocycles. The highest BCUT2D eigenvalue weighted by atomic mass is 127. The lowest BCUT2D eigenvalue weighted by Crippen LogP contribution is -2.19. The molecule has 0 radical (unpaired) electrons. The highest BCUT2D eigenvalue weighted by molar-refractivity contribution is 14.1. The monoisotopic (exact) mass is 440 g/mol. The summed E-state index contributed by atoms with van der Waals surface area (Å²) in [6.45, 7) is 0. The normalized spacial score (nSPS) is 18.0. The van der Waals surface area contributed by atoms with E-state index in [-0.39, 0.29) is 5.91 Å². The van der Waals surface area contributed by atoms with Gasteiger partial charge in [0.2, 0.25) is 0 Å². The van der Waals surface area contributed by atoms with E-state index in [1.54, 1.807) is 12.1 Å². The smallest absolute Gasteiger partial charge is 0.264 e. The van der Waals surface area contributed by atoms with Crippen molar-refractivity contribution in [2.45, 2.75) is 0 Å². The summed E-state index contributed by atoms with van der Waals surface area (Å²) in [5.74, 6) is -0.158. The van der Waals surface area contributed by atoms with Gasteiger partial charge < -0.3 is 5.32 Å². The largest absolute Gasteiger partial charge is 0.300 e. The van der Waals surface area contributed by atoms with Gasteiger partial charge in [0.15, 0.2) is 5.17 Å². The molecule has 1 aliphatic rings. The van der Waals surface area contributed by atoms with E-state index in [9.17, 15) is 4.79 Å². The molecule has 1 fully saturated rings. The molecule has 0 unspecified atom stereocenters. The molecule has 110 valence electrons. The first-order valence-electron chi connectivity index (χ1n) is 6.41. The van der Waals surface area contributed by atoms with Gasteiger partial charge in [-0.1, -0.05) is 35.9 Å². The maximum atomic E-state index is 12.0. The number of nitrogens with one attached hydrogen (secondary N) is 1. The SMILES string of the molecule is O=C1NC(=Nc2cccc(I)c2)S/C1=C/c1ccccc1Cl. The van der Waals surface area contributed by atoms with Crippen molar-refractivity contribution in [3.05, 3.63) is 67.6 Å². The number of halogens is 2. The van der Waals surface area contributed by atoms with Crippen molar-refractivity contribution in [2.24, 2.45) is 4.99 Å². The fraction of sp³-hybridized carbons (Fsp3) is 0. The Kier molecular flexibility index (Phi) is 4.85. The molecule has 3 rings (SSSR count). The van der Waals surface area contributed by atoms with Crippen molar-refractivity contribution in [3.8, 4) is 0 Å². The highest BCUT2D eigenvalue weighted by Crippen LogP contribution is 2.29. The van der Waals surface area contributed by atoms with Crippen molar-refractivity contribution >= 4 is 68.8 Å². The molecule has 1 aliphatic heterocycles. The van der Waals surface area contributed by atoms with Crippen LogP contribution in [-0.4, -0.2) is 11.1 Å². The molecule has 2 aromatic rings. The number of thioether (sulfide) groups is 1. The molecule has 1 amide bonds. The number of amides is 1. The van der Waals surface area contributed by atoms with Gasteiger partial charge in [0.25, 0.3) is 5.91 Å². The minimum Gasteiger partial charge on any atom is -0.300 e. The standard InChI is InChI=1S/C16H10ClIN2OS/c17-13-7-2-1-4-10(13)8-14-15(21)20-16(22-14)19-12-6-3-5-11(18)9-12/h1-9H,(H,19,20,21)/b14-8+. The highest BCUT2D eigenvalue weighted by Gasteiger charge is 2.24. The summed E-state index contributed by atoms with van der Waals surface area (Å²) in [6, 6.07) is 15.2. The Morgan fingerprint density at radius 3 is 2.77 bits per heavy atom. The summed E-state index contributed by atoms with van der Waals surface area (Å²) in [5.41, 5.74) is 1.63. The maximum absolute atomic E-state index is 12.0. The fourth-order valence-electron chi connectivity index (χ4n) is 1.88. The van der Waals surface area contributed by atoms with E-state index in [2.05, 4.69) is 32.9 Å². The van der Waals surface area contributed by atoms with Crippen LogP contribution >= 0.6 is 46.0 Å². The van der Waals surface area contributed by atoms with Gasteiger partial charge in [0.1, 0.15) is 0 Å². The average Bonchev–Trinajstić information content (AvgIpc) is 2.81. The third-order valence-electron chi connectivity index (χ3n) is 2.88. The molecular weight excluding hydrogens is 431 g/mol. The van der Waals surface area contributed by atoms with Crippen LogP contribution in [-0.2, 0) is 4.79 Å². The Morgan fingerprint density at radius 2 is 2.00 bits per heavy atom. The third kappa shape index (κ3) is 3.71. The van der Waals surface area contributed by atoms with Crippen LogP contribution in [0.2, 0.25) is 5.02 Å². The maximum Gasteiger partial charge on any atom is 0.264 e. The van der Waals surface area contributed by atoms with Crippen LogP contribution < -0.4 is 5.32 Å². The van der Waals surface area contributed by atoms with Crippen molar-refractivity contribution in [3.63, 3.8) is 0 Å². The molecule has 1 saturated heterocycles. The molecule has 0 bridgehead atoms. The zero-order valence-electron chi connectivity index (χ0n) is 11.2. The number of nitrogens with zero attached hydrogens (tertiary/aromatic N) is 1. The summed E-state index contributed by atoms with van der Waals surface area (Å²) < 4.78 is 1.10. The van der Waals surface area contributed by atoms with Crippen LogP contribution in [0.5, 0.6) is 0 Å². The van der Waals surface area contributed by atoms with Crippen LogP contribution in [0.1, 0.15) is 5.56 Å². The Hall–Kier alpha value is -1.31. The Labute approximate surface area is 151 Å². The predicted octanol–water partition coefficient (Wildman–Crippen LogP) is 4.84. The Balaban J connectivity index is 1.86. The van der Waals surface area contributed by atoms with Crippen molar-refractivity contribution in [1.29, 1.82) is 0 Å². The molecule has 3 nitrogen and oxygen atoms in total. The van der Waals surface area contributed by atoms with Crippen LogP contribution in [0.25, 0.3) is 6.08 Å². The first kappa shape index (κ1) is 15.6. The van der Waals surface area contributed by atoms with Gasteiger partial charge in [-0.25, -0.2) is 4.99 Å². The number of aliphatic imine (C=N–C) groups is 1. The number of carbonyl (C=O) groups is 1. The van der Waals surface area contributed by atoms with Gasteiger partial charge in [-0.05, 0) is 70.3 Å². The predicted molar refractivity (Wildman–Crippen MR) is 101 cm³/mol. The van der Waals surface area contributed by atoms with Crippen LogP contribution in [0, 0.1) is 3.57 Å². The summed E-state index contributed by atoms with van der Waals surface area (Å²) in [5, 5.41) is 3.96. The lowest BCUT2D eigenvalue weighted by Gasteiger charge is -1.97. The van der Waals surface area contributed by atoms with E-state index in [4.69, 9.17) is 11.6 Å². The summed E-state index contributed by atoms with van der Waals surface area (Å²) >= 11 is 9.66. The van der Waals surface area contributed by atoms with Gasteiger partial charge in [-0.3, -0.25) is 4.79 Å². The van der Waals surface area contributed by atoms with Gasteiger partial charge >= 0.3 is 0 Å². The topological polar surface area (TPSA) is 41.5 Å². The van der Waals surface area contributed by atoms with Gasteiger partial charge in [0, 0.05) is 8.59 Å². The number of amidine groups is 1. The average molecular weight is 441 g/mol. The van der Waals surface area contributed by atoms with Gasteiger partial charge in [-0.15, -0.1) is 0 Å². The summed E-state index contributed by atoms with van der Waals surface area (Å²) in [4.78, 5) is 17.1. The van der Waals surface area contributed by atoms with E-state index in [1.165, 1.54) is 11.8 Å². The van der Waals surface area contributed by atoms with Crippen LogP contribution in [0.3, 0.4) is 0 Å². The van der Waals surface area contributed by atoms with E-state index >= 15 is 0 Å². The van der Waals surface area contributed by atoms with Crippen molar-refractivity contribution < 1.29 is 4.79 Å². The van der Waals surface area contributed by atoms with Crippen LogP contribution in [0.15, 0.2) is 58.4 Å². The fourth-order valence-corrected chi connectivity index (χ4v) is 3.43. The molecule has 0 aliphatic carbocycles. The number of hydrogen-bond donors (Lipinski definition) is 1. The number of carbonyl (C=O) groups excluding carboxylic acids is 1. The van der Waals surface area contributed by atoms with E-state index < -0.39 is 0 Å². The first-order chi connectivity index (χ1) is 10.6. The zero-order chi connectivity index (χ0) is 15.5. The van der Waals surface area contributed by atoms with Crippen molar-refractivity contribution in [2.75, 3.05) is 0 Å². The van der Waals surface area contributed by atoms with Gasteiger partial charge in [0.05, 0.1) is 10.6 Å². The van der Waals surface area contributed by atoms with Gasteiger partial charge in [-0.2, -0.15) is 0 Å². The third-order valence-corrected chi connectivity index (χ3v) is 4.81. The zero-order valence-corrected chi connectivity index (χ0v) is 14.9. The van der Waals surface area contributed by atoms with Crippen LogP contribution in [0.4, 0.5) is 5.69 Å². The summed E-state index contributed by atoms with van der Waals surface area (Å²) in [6.07, 6.45) is 1.78. The Bertz CT molecular complexity index is 804. The quantitative estimate of drug-likeness (QED) is 0.536. The molecule has 22 heavy (non-hydrogen) atoms. The first-order valence-corrected chi connectivity index (χ1v) is 8.69. The second-order valence-corrected chi connectivity index (χ2v) is 7.17. The molecule has 2 aromatic carbocycles. The minimum atomic E-state index is -0.158. The summed E-state index contributed by atoms with van der Waals surface area (Å²) in [7, 11) is 0. The second kappa shape index (κ2) is 6.85. The molecule has 0 aromatic heterocycles. The number of benzene rings is 2. The van der Waals surface area contributed by atoms with E-state index in [0.717, 1.165) is 14.8 Å². The van der Waals surface area contributed by atoms with E-state index in [0.29, 0.717) is 15.1 Å². The molecular formula is C16H10ClIN2OS. The minimum absolute atomic E-state index is 0.158.